The maximum absolute atomic E-state index is 10.3. The summed E-state index contributed by atoms with van der Waals surface area (Å²) in [5.41, 5.74) is 0. The number of hydrogen-bond donors (Lipinski definition) is 1. The Morgan fingerprint density at radius 2 is 1.64 bits per heavy atom. The van der Waals surface area contributed by atoms with Gasteiger partial charge in [-0.15, -0.1) is 0 Å². The predicted octanol–water partition coefficient (Wildman–Crippen LogP) is 6.55. The fourth-order valence-electron chi connectivity index (χ4n) is 1.92. The lowest BCUT2D eigenvalue weighted by atomic mass is 10.1. The minimum absolute atomic E-state index is 0.238. The van der Waals surface area contributed by atoms with Gasteiger partial charge < -0.3 is 5.11 Å². The van der Waals surface area contributed by atoms with Crippen molar-refractivity contribution in [3.05, 3.63) is 21.6 Å². The number of aliphatic carboxylic acids is 1. The lowest BCUT2D eigenvalue weighted by molar-refractivity contribution is -0.137. The Bertz CT molecular complexity index is 399. The van der Waals surface area contributed by atoms with Crippen LogP contribution in [0, 0.1) is 11.8 Å². The van der Waals surface area contributed by atoms with Crippen LogP contribution >= 0.6 is 31.9 Å². The number of halogens is 2. The molecule has 0 aliphatic carbocycles. The SMILES string of the molecule is O=C(O)CCCC=CC#CCCCCCCCCC=C(Br)Br. The molecule has 0 aromatic heterocycles. The largest absolute Gasteiger partial charge is 0.481 e. The van der Waals surface area contributed by atoms with Crippen LogP contribution in [0.4, 0.5) is 0 Å². The van der Waals surface area contributed by atoms with Crippen molar-refractivity contribution >= 4 is 37.8 Å². The summed E-state index contributed by atoms with van der Waals surface area (Å²) in [6, 6.07) is 0. The fourth-order valence-corrected chi connectivity index (χ4v) is 2.38. The van der Waals surface area contributed by atoms with Gasteiger partial charge in [0.25, 0.3) is 0 Å². The van der Waals surface area contributed by atoms with Crippen molar-refractivity contribution in [3.63, 3.8) is 0 Å². The average Bonchev–Trinajstić information content (AvgIpc) is 2.46. The summed E-state index contributed by atoms with van der Waals surface area (Å²) in [5.74, 6) is 5.42. The molecule has 0 heterocycles. The van der Waals surface area contributed by atoms with Crippen molar-refractivity contribution in [2.75, 3.05) is 0 Å². The molecule has 22 heavy (non-hydrogen) atoms. The Labute approximate surface area is 151 Å². The summed E-state index contributed by atoms with van der Waals surface area (Å²) in [5, 5.41) is 8.48. The quantitative estimate of drug-likeness (QED) is 0.279. The molecule has 0 bridgehead atoms. The zero-order valence-corrected chi connectivity index (χ0v) is 16.3. The van der Waals surface area contributed by atoms with E-state index in [0.29, 0.717) is 6.42 Å². The summed E-state index contributed by atoms with van der Waals surface area (Å²) >= 11 is 6.72. The van der Waals surface area contributed by atoms with E-state index in [1.165, 1.54) is 38.5 Å². The van der Waals surface area contributed by atoms with E-state index in [1.54, 1.807) is 0 Å². The molecule has 2 nitrogen and oxygen atoms in total. The zero-order valence-electron chi connectivity index (χ0n) is 13.1. The first kappa shape index (κ1) is 21.5. The maximum Gasteiger partial charge on any atom is 0.303 e. The second kappa shape index (κ2) is 16.8. The van der Waals surface area contributed by atoms with E-state index in [-0.39, 0.29) is 6.42 Å². The molecule has 0 aromatic rings. The smallest absolute Gasteiger partial charge is 0.303 e. The highest BCUT2D eigenvalue weighted by molar-refractivity contribution is 9.28. The lowest BCUT2D eigenvalue weighted by Gasteiger charge is -1.98. The van der Waals surface area contributed by atoms with Crippen LogP contribution in [0.5, 0.6) is 0 Å². The number of hydrogen-bond acceptors (Lipinski definition) is 1. The van der Waals surface area contributed by atoms with Crippen molar-refractivity contribution in [2.24, 2.45) is 0 Å². The van der Waals surface area contributed by atoms with Gasteiger partial charge in [-0.1, -0.05) is 49.7 Å². The molecule has 0 amide bonds. The first-order valence-electron chi connectivity index (χ1n) is 7.99. The van der Waals surface area contributed by atoms with Crippen LogP contribution in [-0.2, 0) is 4.79 Å². The van der Waals surface area contributed by atoms with E-state index >= 15 is 0 Å². The Hall–Kier alpha value is -0.530. The maximum atomic E-state index is 10.3. The van der Waals surface area contributed by atoms with Crippen LogP contribution < -0.4 is 0 Å². The standard InChI is InChI=1S/C18H26Br2O2/c19-17(20)15-13-11-9-7-5-3-1-2-4-6-8-10-12-14-16-18(21)22/h8,10,15H,1-3,5,7,9,11-14,16H2,(H,21,22). The topological polar surface area (TPSA) is 37.3 Å². The summed E-state index contributed by atoms with van der Waals surface area (Å²) in [6.45, 7) is 0. The molecular weight excluding hydrogens is 408 g/mol. The average molecular weight is 434 g/mol. The molecule has 4 heteroatoms. The van der Waals surface area contributed by atoms with Gasteiger partial charge in [0.05, 0.1) is 3.39 Å². The summed E-state index contributed by atoms with van der Waals surface area (Å²) in [6.07, 6.45) is 17.4. The van der Waals surface area contributed by atoms with E-state index in [0.717, 1.165) is 22.7 Å². The molecule has 0 aliphatic rings. The Kier molecular flexibility index (Phi) is 16.4. The molecule has 0 aromatic carbocycles. The van der Waals surface area contributed by atoms with Crippen LogP contribution in [-0.4, -0.2) is 11.1 Å². The second-order valence-corrected chi connectivity index (χ2v) is 7.94. The molecule has 0 unspecified atom stereocenters. The Morgan fingerprint density at radius 3 is 2.32 bits per heavy atom. The second-order valence-electron chi connectivity index (χ2n) is 5.16. The number of carboxylic acid groups (broad SMARTS) is 1. The zero-order chi connectivity index (χ0) is 16.5. The highest BCUT2D eigenvalue weighted by Crippen LogP contribution is 2.15. The van der Waals surface area contributed by atoms with Gasteiger partial charge in [-0.3, -0.25) is 4.79 Å². The molecule has 0 fully saturated rings. The molecule has 124 valence electrons. The number of allylic oxidation sites excluding steroid dienone is 3. The lowest BCUT2D eigenvalue weighted by Crippen LogP contribution is -1.92. The number of carbonyl (C=O) groups is 1. The molecule has 0 radical (unpaired) electrons. The highest BCUT2D eigenvalue weighted by Gasteiger charge is 1.93. The normalized spacial score (nSPS) is 10.3. The first-order valence-corrected chi connectivity index (χ1v) is 9.58. The molecular formula is C18H26Br2O2. The monoisotopic (exact) mass is 432 g/mol. The van der Waals surface area contributed by atoms with Crippen LogP contribution in [0.3, 0.4) is 0 Å². The van der Waals surface area contributed by atoms with Gasteiger partial charge in [-0.25, -0.2) is 0 Å². The van der Waals surface area contributed by atoms with Gasteiger partial charge >= 0.3 is 5.97 Å². The summed E-state index contributed by atoms with van der Waals surface area (Å²) in [4.78, 5) is 10.3. The third kappa shape index (κ3) is 19.5. The predicted molar refractivity (Wildman–Crippen MR) is 101 cm³/mol. The van der Waals surface area contributed by atoms with E-state index in [4.69, 9.17) is 5.11 Å². The molecule has 0 rings (SSSR count). The molecule has 0 atom stereocenters. The van der Waals surface area contributed by atoms with Crippen molar-refractivity contribution < 1.29 is 9.90 Å². The fraction of sp³-hybridized carbons (Fsp3) is 0.611. The molecule has 0 spiro atoms. The van der Waals surface area contributed by atoms with Gasteiger partial charge in [-0.05, 0) is 70.0 Å². The van der Waals surface area contributed by atoms with Gasteiger partial charge in [0.1, 0.15) is 0 Å². The van der Waals surface area contributed by atoms with E-state index < -0.39 is 5.97 Å². The van der Waals surface area contributed by atoms with Gasteiger partial charge in [0.15, 0.2) is 0 Å². The van der Waals surface area contributed by atoms with Crippen LogP contribution in [0.1, 0.15) is 70.6 Å². The van der Waals surface area contributed by atoms with Gasteiger partial charge in [0, 0.05) is 12.8 Å². The number of rotatable bonds is 12. The van der Waals surface area contributed by atoms with Crippen molar-refractivity contribution in [1.29, 1.82) is 0 Å². The van der Waals surface area contributed by atoms with Gasteiger partial charge in [0.2, 0.25) is 0 Å². The van der Waals surface area contributed by atoms with Gasteiger partial charge in [-0.2, -0.15) is 0 Å². The van der Waals surface area contributed by atoms with E-state index in [2.05, 4.69) is 49.8 Å². The molecule has 1 N–H and O–H groups in total. The third-order valence-electron chi connectivity index (χ3n) is 3.12. The summed E-state index contributed by atoms with van der Waals surface area (Å²) in [7, 11) is 0. The van der Waals surface area contributed by atoms with Crippen LogP contribution in [0.15, 0.2) is 21.6 Å². The third-order valence-corrected chi connectivity index (χ3v) is 3.77. The van der Waals surface area contributed by atoms with E-state index in [1.807, 2.05) is 12.2 Å². The number of carboxylic acids is 1. The minimum atomic E-state index is -0.730. The van der Waals surface area contributed by atoms with E-state index in [9.17, 15) is 4.79 Å². The van der Waals surface area contributed by atoms with Crippen LogP contribution in [0.25, 0.3) is 0 Å². The first-order chi connectivity index (χ1) is 10.6. The highest BCUT2D eigenvalue weighted by atomic mass is 79.9. The van der Waals surface area contributed by atoms with Crippen molar-refractivity contribution in [1.82, 2.24) is 0 Å². The summed E-state index contributed by atoms with van der Waals surface area (Å²) < 4.78 is 1.05. The Balaban J connectivity index is 3.29. The van der Waals surface area contributed by atoms with Crippen molar-refractivity contribution in [3.8, 4) is 11.8 Å². The molecule has 0 saturated heterocycles. The molecule has 0 saturated carbocycles. The number of unbranched alkanes of at least 4 members (excludes halogenated alkanes) is 8. The van der Waals surface area contributed by atoms with Crippen LogP contribution in [0.2, 0.25) is 0 Å². The molecule has 0 aliphatic heterocycles. The Morgan fingerprint density at radius 1 is 0.955 bits per heavy atom. The minimum Gasteiger partial charge on any atom is -0.481 e. The van der Waals surface area contributed by atoms with Crippen molar-refractivity contribution in [2.45, 2.75) is 70.6 Å².